The van der Waals surface area contributed by atoms with Crippen molar-refractivity contribution in [3.05, 3.63) is 90.0 Å². The van der Waals surface area contributed by atoms with Crippen LogP contribution in [0.1, 0.15) is 23.4 Å². The molecule has 1 aliphatic rings. The molecule has 1 amide bonds. The van der Waals surface area contributed by atoms with Crippen LogP contribution >= 0.6 is 0 Å². The van der Waals surface area contributed by atoms with Crippen LogP contribution in [-0.2, 0) is 24.2 Å². The molecule has 166 valence electrons. The molecular formula is C25H21FN4O3. The highest BCUT2D eigenvalue weighted by molar-refractivity contribution is 5.77. The van der Waals surface area contributed by atoms with Crippen LogP contribution in [0.25, 0.3) is 11.4 Å². The van der Waals surface area contributed by atoms with Crippen molar-refractivity contribution < 1.29 is 18.3 Å². The van der Waals surface area contributed by atoms with Crippen molar-refractivity contribution in [2.75, 3.05) is 6.54 Å². The predicted molar refractivity (Wildman–Crippen MR) is 118 cm³/mol. The Bertz CT molecular complexity index is 1240. The molecule has 0 spiro atoms. The lowest BCUT2D eigenvalue weighted by molar-refractivity contribution is -0.132. The fraction of sp³-hybridized carbons (Fsp3) is 0.200. The number of pyridine rings is 1. The van der Waals surface area contributed by atoms with Crippen molar-refractivity contribution in [1.29, 1.82) is 0 Å². The summed E-state index contributed by atoms with van der Waals surface area (Å²) >= 11 is 0. The standard InChI is InChI=1S/C25H21FN4O3/c26-18-5-7-20(8-6-18)33-25-21-16-30(23(31)10-9-19-4-2-14-32-19)13-11-22(21)28-24(29-25)17-3-1-12-27-15-17/h1-8,12,14-15H,9-11,13,16H2. The van der Waals surface area contributed by atoms with E-state index in [1.54, 1.807) is 35.7 Å². The van der Waals surface area contributed by atoms with Crippen molar-refractivity contribution in [1.82, 2.24) is 19.9 Å². The van der Waals surface area contributed by atoms with Crippen LogP contribution in [0, 0.1) is 5.82 Å². The van der Waals surface area contributed by atoms with E-state index < -0.39 is 0 Å². The lowest BCUT2D eigenvalue weighted by atomic mass is 10.0. The van der Waals surface area contributed by atoms with Crippen LogP contribution in [0.2, 0.25) is 0 Å². The van der Waals surface area contributed by atoms with Crippen LogP contribution in [0.4, 0.5) is 4.39 Å². The summed E-state index contributed by atoms with van der Waals surface area (Å²) in [6, 6.07) is 13.1. The first kappa shape index (κ1) is 20.8. The van der Waals surface area contributed by atoms with Crippen LogP contribution in [0.5, 0.6) is 11.6 Å². The molecule has 0 bridgehead atoms. The maximum atomic E-state index is 13.4. The summed E-state index contributed by atoms with van der Waals surface area (Å²) < 4.78 is 24.7. The van der Waals surface area contributed by atoms with Gasteiger partial charge in [-0.05, 0) is 48.5 Å². The number of halogens is 1. The highest BCUT2D eigenvalue weighted by Crippen LogP contribution is 2.32. The average Bonchev–Trinajstić information content (AvgIpc) is 3.38. The highest BCUT2D eigenvalue weighted by Gasteiger charge is 2.27. The van der Waals surface area contributed by atoms with Gasteiger partial charge in [0.2, 0.25) is 11.8 Å². The van der Waals surface area contributed by atoms with Gasteiger partial charge in [-0.1, -0.05) is 0 Å². The monoisotopic (exact) mass is 444 g/mol. The number of amides is 1. The molecule has 33 heavy (non-hydrogen) atoms. The minimum absolute atomic E-state index is 0.0288. The molecule has 0 saturated carbocycles. The SMILES string of the molecule is O=C(CCc1ccco1)N1CCc2nc(-c3cccnc3)nc(Oc3ccc(F)cc3)c2C1. The molecule has 1 aliphatic heterocycles. The molecular weight excluding hydrogens is 423 g/mol. The lowest BCUT2D eigenvalue weighted by Crippen LogP contribution is -2.37. The molecule has 0 aliphatic carbocycles. The molecule has 0 unspecified atom stereocenters. The third-order valence-electron chi connectivity index (χ3n) is 5.49. The molecule has 5 rings (SSSR count). The number of fused-ring (bicyclic) bond motifs is 1. The third kappa shape index (κ3) is 4.74. The van der Waals surface area contributed by atoms with Crippen molar-refractivity contribution in [2.45, 2.75) is 25.8 Å². The number of carbonyl (C=O) groups is 1. The number of hydrogen-bond acceptors (Lipinski definition) is 6. The minimum atomic E-state index is -0.351. The van der Waals surface area contributed by atoms with Crippen molar-refractivity contribution in [2.24, 2.45) is 0 Å². The highest BCUT2D eigenvalue weighted by atomic mass is 19.1. The second kappa shape index (κ2) is 9.20. The Morgan fingerprint density at radius 2 is 2.00 bits per heavy atom. The number of rotatable bonds is 6. The van der Waals surface area contributed by atoms with E-state index in [0.29, 0.717) is 49.8 Å². The van der Waals surface area contributed by atoms with Crippen molar-refractivity contribution in [3.63, 3.8) is 0 Å². The summed E-state index contributed by atoms with van der Waals surface area (Å²) in [4.78, 5) is 28.2. The summed E-state index contributed by atoms with van der Waals surface area (Å²) in [7, 11) is 0. The number of furan rings is 1. The first-order valence-corrected chi connectivity index (χ1v) is 10.7. The average molecular weight is 444 g/mol. The van der Waals surface area contributed by atoms with Gasteiger partial charge < -0.3 is 14.1 Å². The fourth-order valence-electron chi connectivity index (χ4n) is 3.76. The van der Waals surface area contributed by atoms with E-state index in [4.69, 9.17) is 14.1 Å². The fourth-order valence-corrected chi connectivity index (χ4v) is 3.76. The summed E-state index contributed by atoms with van der Waals surface area (Å²) in [6.07, 6.45) is 6.46. The quantitative estimate of drug-likeness (QED) is 0.433. The van der Waals surface area contributed by atoms with Gasteiger partial charge in [-0.25, -0.2) is 9.37 Å². The molecule has 0 fully saturated rings. The molecule has 0 radical (unpaired) electrons. The number of nitrogens with zero attached hydrogens (tertiary/aromatic N) is 4. The van der Waals surface area contributed by atoms with E-state index >= 15 is 0 Å². The van der Waals surface area contributed by atoms with Crippen LogP contribution < -0.4 is 4.74 Å². The smallest absolute Gasteiger partial charge is 0.228 e. The number of aryl methyl sites for hydroxylation is 1. The number of benzene rings is 1. The van der Waals surface area contributed by atoms with Gasteiger partial charge in [-0.3, -0.25) is 9.78 Å². The van der Waals surface area contributed by atoms with Gasteiger partial charge in [0.05, 0.1) is 24.1 Å². The zero-order chi connectivity index (χ0) is 22.6. The molecule has 4 aromatic rings. The minimum Gasteiger partial charge on any atom is -0.469 e. The largest absolute Gasteiger partial charge is 0.469 e. The third-order valence-corrected chi connectivity index (χ3v) is 5.49. The van der Waals surface area contributed by atoms with E-state index in [9.17, 15) is 9.18 Å². The predicted octanol–water partition coefficient (Wildman–Crippen LogP) is 4.58. The topological polar surface area (TPSA) is 81.4 Å². The lowest BCUT2D eigenvalue weighted by Gasteiger charge is -2.29. The Kier molecular flexibility index (Phi) is 5.80. The number of ether oxygens (including phenoxy) is 1. The molecule has 7 nitrogen and oxygen atoms in total. The molecule has 3 aromatic heterocycles. The zero-order valence-corrected chi connectivity index (χ0v) is 17.8. The van der Waals surface area contributed by atoms with Gasteiger partial charge in [0.25, 0.3) is 0 Å². The van der Waals surface area contributed by atoms with Crippen LogP contribution in [0.15, 0.2) is 71.6 Å². The summed E-state index contributed by atoms with van der Waals surface area (Å²) in [6.45, 7) is 0.902. The van der Waals surface area contributed by atoms with Crippen molar-refractivity contribution >= 4 is 5.91 Å². The first-order valence-electron chi connectivity index (χ1n) is 10.7. The number of carbonyl (C=O) groups excluding carboxylic acids is 1. The first-order chi connectivity index (χ1) is 16.2. The summed E-state index contributed by atoms with van der Waals surface area (Å²) in [5.74, 6) is 1.77. The molecule has 0 atom stereocenters. The van der Waals surface area contributed by atoms with Gasteiger partial charge in [0.1, 0.15) is 17.3 Å². The van der Waals surface area contributed by atoms with Crippen LogP contribution in [0.3, 0.4) is 0 Å². The molecule has 1 aromatic carbocycles. The number of aromatic nitrogens is 3. The summed E-state index contributed by atoms with van der Waals surface area (Å²) in [5.41, 5.74) is 2.35. The van der Waals surface area contributed by atoms with Gasteiger partial charge in [0.15, 0.2) is 5.82 Å². The Labute approximate surface area is 189 Å². The molecule has 4 heterocycles. The summed E-state index contributed by atoms with van der Waals surface area (Å²) in [5, 5.41) is 0. The Hall–Kier alpha value is -4.07. The Balaban J connectivity index is 1.43. The van der Waals surface area contributed by atoms with Crippen LogP contribution in [-0.4, -0.2) is 32.3 Å². The van der Waals surface area contributed by atoms with E-state index in [0.717, 1.165) is 22.6 Å². The molecule has 8 heteroatoms. The van der Waals surface area contributed by atoms with Crippen molar-refractivity contribution in [3.8, 4) is 23.0 Å². The van der Waals surface area contributed by atoms with Gasteiger partial charge in [-0.2, -0.15) is 4.98 Å². The zero-order valence-electron chi connectivity index (χ0n) is 17.8. The Morgan fingerprint density at radius 1 is 1.12 bits per heavy atom. The van der Waals surface area contributed by atoms with Gasteiger partial charge in [-0.15, -0.1) is 0 Å². The Morgan fingerprint density at radius 3 is 2.76 bits per heavy atom. The molecule has 0 saturated heterocycles. The maximum absolute atomic E-state index is 13.4. The van der Waals surface area contributed by atoms with E-state index in [1.807, 2.05) is 24.3 Å². The van der Waals surface area contributed by atoms with E-state index in [-0.39, 0.29) is 11.7 Å². The van der Waals surface area contributed by atoms with Gasteiger partial charge >= 0.3 is 0 Å². The second-order valence-corrected chi connectivity index (χ2v) is 7.72. The van der Waals surface area contributed by atoms with E-state index in [2.05, 4.69) is 9.97 Å². The normalized spacial score (nSPS) is 12.9. The molecule has 0 N–H and O–H groups in total. The maximum Gasteiger partial charge on any atom is 0.228 e. The number of hydrogen-bond donors (Lipinski definition) is 0. The van der Waals surface area contributed by atoms with E-state index in [1.165, 1.54) is 12.1 Å². The second-order valence-electron chi connectivity index (χ2n) is 7.72. The van der Waals surface area contributed by atoms with Gasteiger partial charge in [0, 0.05) is 43.8 Å².